The summed E-state index contributed by atoms with van der Waals surface area (Å²) in [6, 6.07) is 9.65. The third-order valence-electron chi connectivity index (χ3n) is 5.34. The van der Waals surface area contributed by atoms with Gasteiger partial charge in [0, 0.05) is 28.7 Å². The van der Waals surface area contributed by atoms with E-state index in [0.717, 1.165) is 35.5 Å². The number of aromatic nitrogens is 1. The molecule has 2 aliphatic rings. The quantitative estimate of drug-likeness (QED) is 0.629. The first-order valence-electron chi connectivity index (χ1n) is 9.22. The van der Waals surface area contributed by atoms with Crippen LogP contribution >= 0.6 is 0 Å². The highest BCUT2D eigenvalue weighted by molar-refractivity contribution is 6.05. The van der Waals surface area contributed by atoms with Crippen LogP contribution in [0.1, 0.15) is 58.5 Å². The van der Waals surface area contributed by atoms with Crippen LogP contribution in [-0.4, -0.2) is 28.8 Å². The lowest BCUT2D eigenvalue weighted by Crippen LogP contribution is -2.20. The van der Waals surface area contributed by atoms with Gasteiger partial charge in [-0.05, 0) is 44.4 Å². The molecule has 1 N–H and O–H groups in total. The monoisotopic (exact) mass is 366 g/mol. The van der Waals surface area contributed by atoms with Gasteiger partial charge < -0.3 is 14.6 Å². The zero-order chi connectivity index (χ0) is 19.1. The number of nitrogens with zero attached hydrogens (tertiary/aromatic N) is 1. The van der Waals surface area contributed by atoms with Gasteiger partial charge in [0.1, 0.15) is 0 Å². The van der Waals surface area contributed by atoms with Crippen LogP contribution in [0.3, 0.4) is 0 Å². The minimum Gasteiger partial charge on any atom is -0.457 e. The zero-order valence-electron chi connectivity index (χ0n) is 15.5. The van der Waals surface area contributed by atoms with E-state index in [4.69, 9.17) is 4.74 Å². The van der Waals surface area contributed by atoms with Crippen molar-refractivity contribution in [1.29, 1.82) is 0 Å². The van der Waals surface area contributed by atoms with Crippen molar-refractivity contribution in [3.63, 3.8) is 0 Å². The molecule has 1 fully saturated rings. The smallest absolute Gasteiger partial charge is 0.307 e. The third kappa shape index (κ3) is 3.27. The Kier molecular flexibility index (Phi) is 4.34. The van der Waals surface area contributed by atoms with Crippen LogP contribution in [0, 0.1) is 13.8 Å². The molecule has 2 heterocycles. The summed E-state index contributed by atoms with van der Waals surface area (Å²) in [4.78, 5) is 36.8. The number of carbonyl (C=O) groups excluding carboxylic acids is 3. The number of benzene rings is 1. The number of hydrogen-bond acceptors (Lipinski definition) is 4. The first-order chi connectivity index (χ1) is 13.0. The normalized spacial score (nSPS) is 18.1. The van der Waals surface area contributed by atoms with Crippen molar-refractivity contribution >= 4 is 23.3 Å². The number of amides is 1. The summed E-state index contributed by atoms with van der Waals surface area (Å²) in [5.41, 5.74) is 4.11. The van der Waals surface area contributed by atoms with Gasteiger partial charge in [-0.3, -0.25) is 14.4 Å². The molecule has 0 saturated heterocycles. The lowest BCUT2D eigenvalue weighted by molar-refractivity contribution is -0.144. The fourth-order valence-corrected chi connectivity index (χ4v) is 3.88. The van der Waals surface area contributed by atoms with Crippen molar-refractivity contribution in [3.05, 3.63) is 52.8 Å². The Balaban J connectivity index is 1.38. The summed E-state index contributed by atoms with van der Waals surface area (Å²) >= 11 is 0. The highest BCUT2D eigenvalue weighted by atomic mass is 16.5. The molecule has 27 heavy (non-hydrogen) atoms. The molecule has 1 aliphatic heterocycles. The molecule has 1 unspecified atom stereocenters. The first kappa shape index (κ1) is 17.5. The number of ether oxygens (including phenoxy) is 1. The summed E-state index contributed by atoms with van der Waals surface area (Å²) in [6.07, 6.45) is 2.21. The number of nitrogens with one attached hydrogen (secondary N) is 1. The van der Waals surface area contributed by atoms with E-state index >= 15 is 0 Å². The third-order valence-corrected chi connectivity index (χ3v) is 5.34. The molecule has 0 radical (unpaired) electrons. The van der Waals surface area contributed by atoms with E-state index in [-0.39, 0.29) is 24.7 Å². The fraction of sp³-hybridized carbons (Fsp3) is 0.381. The number of Topliss-reactive ketones (excluding diaryl/α,β-unsaturated/α-hetero) is 1. The number of hydrogen-bond donors (Lipinski definition) is 1. The Labute approximate surface area is 157 Å². The molecule has 1 amide bonds. The second-order valence-corrected chi connectivity index (χ2v) is 7.30. The number of ketones is 1. The second kappa shape index (κ2) is 6.68. The van der Waals surface area contributed by atoms with E-state index in [9.17, 15) is 14.4 Å². The van der Waals surface area contributed by atoms with Crippen LogP contribution in [0.25, 0.3) is 0 Å². The molecule has 1 aromatic heterocycles. The van der Waals surface area contributed by atoms with Crippen LogP contribution in [0.5, 0.6) is 0 Å². The number of para-hydroxylation sites is 1. The molecule has 6 nitrogen and oxygen atoms in total. The van der Waals surface area contributed by atoms with Crippen molar-refractivity contribution in [2.45, 2.75) is 45.1 Å². The minimum atomic E-state index is -0.566. The molecule has 1 atom stereocenters. The Bertz CT molecular complexity index is 940. The van der Waals surface area contributed by atoms with E-state index in [1.807, 2.05) is 38.1 Å². The number of esters is 1. The Morgan fingerprint density at radius 1 is 1.22 bits per heavy atom. The lowest BCUT2D eigenvalue weighted by atomic mass is 9.97. The van der Waals surface area contributed by atoms with Crippen LogP contribution in [0.15, 0.2) is 30.3 Å². The summed E-state index contributed by atoms with van der Waals surface area (Å²) in [6.45, 7) is 3.62. The highest BCUT2D eigenvalue weighted by Crippen LogP contribution is 2.38. The lowest BCUT2D eigenvalue weighted by Gasteiger charge is -2.09. The molecule has 140 valence electrons. The molecule has 0 bridgehead atoms. The average Bonchev–Trinajstić information content (AvgIpc) is 3.36. The maximum atomic E-state index is 12.5. The number of carbonyl (C=O) groups is 3. The number of fused-ring (bicyclic) bond motifs is 1. The summed E-state index contributed by atoms with van der Waals surface area (Å²) in [5.74, 6) is -1.54. The van der Waals surface area contributed by atoms with Crippen molar-refractivity contribution in [2.24, 2.45) is 0 Å². The minimum absolute atomic E-state index is 0.0722. The largest absolute Gasteiger partial charge is 0.457 e. The predicted molar refractivity (Wildman–Crippen MR) is 99.9 cm³/mol. The van der Waals surface area contributed by atoms with Gasteiger partial charge in [-0.15, -0.1) is 0 Å². The van der Waals surface area contributed by atoms with Gasteiger partial charge in [-0.2, -0.15) is 0 Å². The molecule has 2 aromatic rings. The Morgan fingerprint density at radius 3 is 2.70 bits per heavy atom. The van der Waals surface area contributed by atoms with Crippen molar-refractivity contribution < 1.29 is 19.1 Å². The number of rotatable bonds is 6. The molecule has 0 spiro atoms. The molecular formula is C21H22N2O4. The van der Waals surface area contributed by atoms with E-state index in [1.165, 1.54) is 0 Å². The van der Waals surface area contributed by atoms with Gasteiger partial charge in [0.05, 0.1) is 12.3 Å². The number of anilines is 1. The van der Waals surface area contributed by atoms with Crippen LogP contribution < -0.4 is 5.32 Å². The van der Waals surface area contributed by atoms with Gasteiger partial charge in [0.15, 0.2) is 6.61 Å². The van der Waals surface area contributed by atoms with Gasteiger partial charge in [0.2, 0.25) is 11.7 Å². The fourth-order valence-electron chi connectivity index (χ4n) is 3.88. The van der Waals surface area contributed by atoms with Gasteiger partial charge in [-0.25, -0.2) is 0 Å². The van der Waals surface area contributed by atoms with Crippen molar-refractivity contribution in [2.75, 3.05) is 11.9 Å². The first-order valence-corrected chi connectivity index (χ1v) is 9.22. The molecular weight excluding hydrogens is 344 g/mol. The molecule has 1 aromatic carbocycles. The van der Waals surface area contributed by atoms with E-state index < -0.39 is 11.9 Å². The topological polar surface area (TPSA) is 77.4 Å². The molecule has 1 saturated carbocycles. The maximum Gasteiger partial charge on any atom is 0.307 e. The van der Waals surface area contributed by atoms with Gasteiger partial charge in [-0.1, -0.05) is 18.2 Å². The number of aryl methyl sites for hydroxylation is 1. The van der Waals surface area contributed by atoms with E-state index in [2.05, 4.69) is 9.88 Å². The van der Waals surface area contributed by atoms with Crippen molar-refractivity contribution in [3.8, 4) is 0 Å². The van der Waals surface area contributed by atoms with Crippen molar-refractivity contribution in [1.82, 2.24) is 4.57 Å². The van der Waals surface area contributed by atoms with Crippen LogP contribution in [0.2, 0.25) is 0 Å². The maximum absolute atomic E-state index is 12.5. The molecule has 4 rings (SSSR count). The molecule has 1 aliphatic carbocycles. The molecule has 6 heteroatoms. The summed E-state index contributed by atoms with van der Waals surface area (Å²) in [7, 11) is 0. The SMILES string of the molecule is Cc1cc(C(=O)COC(=O)CC2C(=O)Nc3ccccc32)c(C)n1C1CC1. The van der Waals surface area contributed by atoms with E-state index in [1.54, 1.807) is 6.07 Å². The van der Waals surface area contributed by atoms with Gasteiger partial charge in [0.25, 0.3) is 0 Å². The average molecular weight is 366 g/mol. The second-order valence-electron chi connectivity index (χ2n) is 7.30. The van der Waals surface area contributed by atoms with E-state index in [0.29, 0.717) is 11.6 Å². The van der Waals surface area contributed by atoms with Gasteiger partial charge >= 0.3 is 5.97 Å². The summed E-state index contributed by atoms with van der Waals surface area (Å²) < 4.78 is 7.38. The predicted octanol–water partition coefficient (Wildman–Crippen LogP) is 3.29. The zero-order valence-corrected chi connectivity index (χ0v) is 15.5. The summed E-state index contributed by atoms with van der Waals surface area (Å²) in [5, 5.41) is 2.76. The van der Waals surface area contributed by atoms with Crippen LogP contribution in [-0.2, 0) is 14.3 Å². The Morgan fingerprint density at radius 2 is 1.96 bits per heavy atom. The Hall–Kier alpha value is -2.89. The van der Waals surface area contributed by atoms with Crippen LogP contribution in [0.4, 0.5) is 5.69 Å². The standard InChI is InChI=1S/C21H22N2O4/c1-12-9-16(13(2)23(12)14-7-8-14)19(24)11-27-20(25)10-17-15-5-3-4-6-18(15)22-21(17)26/h3-6,9,14,17H,7-8,10-11H2,1-2H3,(H,22,26). The highest BCUT2D eigenvalue weighted by Gasteiger charge is 2.33.